The first-order chi connectivity index (χ1) is 17.7. The van der Waals surface area contributed by atoms with Gasteiger partial charge in [-0.3, -0.25) is 0 Å². The number of hydrogen-bond donors (Lipinski definition) is 2. The molecule has 2 aliphatic heterocycles. The predicted octanol–water partition coefficient (Wildman–Crippen LogP) is 4.13. The van der Waals surface area contributed by atoms with Crippen LogP contribution < -0.4 is 10.1 Å². The van der Waals surface area contributed by atoms with Crippen molar-refractivity contribution in [2.45, 2.75) is 25.0 Å². The zero-order valence-corrected chi connectivity index (χ0v) is 20.5. The SMILES string of the molecule is CN1CC[C@@H](Oc2ccc(-c3ccnc4[nH]c(C5=CC6CCOCCNC6C=C5)cc34)cc2C#N)C1. The number of hydrogen-bond acceptors (Lipinski definition) is 6. The number of nitriles is 1. The Morgan fingerprint density at radius 1 is 1.19 bits per heavy atom. The molecular formula is C29H31N5O2. The van der Waals surface area contributed by atoms with Gasteiger partial charge in [-0.2, -0.15) is 5.26 Å². The summed E-state index contributed by atoms with van der Waals surface area (Å²) < 4.78 is 11.9. The largest absolute Gasteiger partial charge is 0.488 e. The average molecular weight is 482 g/mol. The maximum Gasteiger partial charge on any atom is 0.138 e. The van der Waals surface area contributed by atoms with Crippen molar-refractivity contribution in [2.24, 2.45) is 5.92 Å². The van der Waals surface area contributed by atoms with Crippen molar-refractivity contribution < 1.29 is 9.47 Å². The van der Waals surface area contributed by atoms with Crippen LogP contribution in [0.1, 0.15) is 24.1 Å². The van der Waals surface area contributed by atoms with Crippen molar-refractivity contribution in [3.63, 3.8) is 0 Å². The monoisotopic (exact) mass is 481 g/mol. The smallest absolute Gasteiger partial charge is 0.138 e. The van der Waals surface area contributed by atoms with Gasteiger partial charge >= 0.3 is 0 Å². The van der Waals surface area contributed by atoms with Crippen molar-refractivity contribution in [1.82, 2.24) is 20.2 Å². The summed E-state index contributed by atoms with van der Waals surface area (Å²) in [4.78, 5) is 10.4. The standard InChI is InChI=1S/C29H31N5O2/c1-34-11-7-23(18-34)36-28-5-3-19(14-22(28)17-30)24-6-9-32-29-25(24)16-27(33-29)20-2-4-26-21(15-20)8-12-35-13-10-31-26/h2-6,9,14-16,21,23,26,31H,7-8,10-13,18H2,1H3,(H,32,33)/t21?,23-,26?/m1/s1. The van der Waals surface area contributed by atoms with E-state index in [-0.39, 0.29) is 6.10 Å². The van der Waals surface area contributed by atoms with Crippen LogP contribution >= 0.6 is 0 Å². The topological polar surface area (TPSA) is 86.2 Å². The number of aromatic amines is 1. The second kappa shape index (κ2) is 9.90. The average Bonchev–Trinajstić information content (AvgIpc) is 3.50. The fourth-order valence-corrected chi connectivity index (χ4v) is 5.51. The van der Waals surface area contributed by atoms with Crippen LogP contribution in [0.4, 0.5) is 0 Å². The van der Waals surface area contributed by atoms with Gasteiger partial charge in [-0.05, 0) is 66.8 Å². The normalized spacial score (nSPS) is 24.6. The van der Waals surface area contributed by atoms with Crippen LogP contribution in [-0.4, -0.2) is 66.9 Å². The van der Waals surface area contributed by atoms with Gasteiger partial charge in [0.2, 0.25) is 0 Å². The number of pyridine rings is 1. The molecule has 36 heavy (non-hydrogen) atoms. The molecule has 0 bridgehead atoms. The number of nitrogens with zero attached hydrogens (tertiary/aromatic N) is 3. The lowest BCUT2D eigenvalue weighted by Crippen LogP contribution is -2.39. The fourth-order valence-electron chi connectivity index (χ4n) is 5.51. The molecular weight excluding hydrogens is 450 g/mol. The zero-order valence-electron chi connectivity index (χ0n) is 20.5. The van der Waals surface area contributed by atoms with Gasteiger partial charge in [0, 0.05) is 49.6 Å². The number of allylic oxidation sites excluding steroid dienone is 2. The van der Waals surface area contributed by atoms with E-state index in [0.717, 1.165) is 73.5 Å². The summed E-state index contributed by atoms with van der Waals surface area (Å²) in [5.41, 5.74) is 5.65. The number of fused-ring (bicyclic) bond motifs is 2. The first-order valence-corrected chi connectivity index (χ1v) is 12.8. The summed E-state index contributed by atoms with van der Waals surface area (Å²) in [7, 11) is 2.10. The first kappa shape index (κ1) is 23.0. The molecule has 3 atom stereocenters. The minimum absolute atomic E-state index is 0.129. The number of aromatic nitrogens is 2. The van der Waals surface area contributed by atoms with Crippen molar-refractivity contribution in [2.75, 3.05) is 39.9 Å². The molecule has 0 amide bonds. The van der Waals surface area contributed by atoms with E-state index < -0.39 is 0 Å². The molecule has 7 heteroatoms. The highest BCUT2D eigenvalue weighted by atomic mass is 16.5. The van der Waals surface area contributed by atoms with E-state index in [4.69, 9.17) is 9.47 Å². The molecule has 4 heterocycles. The molecule has 184 valence electrons. The van der Waals surface area contributed by atoms with Crippen LogP contribution in [0.15, 0.2) is 54.8 Å². The summed E-state index contributed by atoms with van der Waals surface area (Å²) in [6.07, 6.45) is 10.7. The van der Waals surface area contributed by atoms with Gasteiger partial charge in [-0.25, -0.2) is 4.98 Å². The van der Waals surface area contributed by atoms with Gasteiger partial charge in [0.05, 0.1) is 12.2 Å². The Bertz CT molecular complexity index is 1370. The second-order valence-corrected chi connectivity index (χ2v) is 9.94. The van der Waals surface area contributed by atoms with Gasteiger partial charge in [0.25, 0.3) is 0 Å². The summed E-state index contributed by atoms with van der Waals surface area (Å²) in [6.45, 7) is 4.34. The number of H-pyrrole nitrogens is 1. The third kappa shape index (κ3) is 4.56. The van der Waals surface area contributed by atoms with E-state index in [1.165, 1.54) is 5.57 Å². The summed E-state index contributed by atoms with van der Waals surface area (Å²) in [5.74, 6) is 1.06. The molecule has 2 N–H and O–H groups in total. The molecule has 7 nitrogen and oxygen atoms in total. The third-order valence-electron chi connectivity index (χ3n) is 7.46. The minimum atomic E-state index is 0.129. The second-order valence-electron chi connectivity index (χ2n) is 9.94. The van der Waals surface area contributed by atoms with Crippen molar-refractivity contribution in [3.05, 3.63) is 66.0 Å². The van der Waals surface area contributed by atoms with E-state index in [0.29, 0.717) is 23.3 Å². The molecule has 2 aromatic heterocycles. The summed E-state index contributed by atoms with van der Waals surface area (Å²) in [6, 6.07) is 12.8. The number of benzene rings is 1. The van der Waals surface area contributed by atoms with E-state index in [1.807, 2.05) is 30.5 Å². The number of likely N-dealkylation sites (N-methyl/N-ethyl adjacent to an activating group) is 1. The molecule has 2 fully saturated rings. The van der Waals surface area contributed by atoms with Gasteiger partial charge < -0.3 is 24.7 Å². The molecule has 3 aromatic rings. The lowest BCUT2D eigenvalue weighted by atomic mass is 9.87. The molecule has 1 aliphatic carbocycles. The molecule has 2 unspecified atom stereocenters. The Balaban J connectivity index is 1.30. The van der Waals surface area contributed by atoms with Crippen molar-refractivity contribution in [3.8, 4) is 22.9 Å². The highest BCUT2D eigenvalue weighted by molar-refractivity contribution is 5.96. The van der Waals surface area contributed by atoms with Crippen LogP contribution in [0.2, 0.25) is 0 Å². The molecule has 0 saturated carbocycles. The molecule has 3 aliphatic rings. The van der Waals surface area contributed by atoms with Crippen LogP contribution in [0.5, 0.6) is 5.75 Å². The third-order valence-corrected chi connectivity index (χ3v) is 7.46. The molecule has 0 spiro atoms. The number of rotatable bonds is 4. The Kier molecular flexibility index (Phi) is 6.32. The Morgan fingerprint density at radius 3 is 3.00 bits per heavy atom. The van der Waals surface area contributed by atoms with Gasteiger partial charge in [-0.15, -0.1) is 0 Å². The van der Waals surface area contributed by atoms with Crippen LogP contribution in [0, 0.1) is 17.2 Å². The Morgan fingerprint density at radius 2 is 2.14 bits per heavy atom. The quantitative estimate of drug-likeness (QED) is 0.583. The van der Waals surface area contributed by atoms with E-state index in [2.05, 4.69) is 57.6 Å². The lowest BCUT2D eigenvalue weighted by molar-refractivity contribution is 0.107. The lowest BCUT2D eigenvalue weighted by Gasteiger charge is -2.29. The number of ether oxygens (including phenoxy) is 2. The number of nitrogens with one attached hydrogen (secondary N) is 2. The van der Waals surface area contributed by atoms with Crippen LogP contribution in [0.3, 0.4) is 0 Å². The van der Waals surface area contributed by atoms with Gasteiger partial charge in [0.15, 0.2) is 0 Å². The zero-order chi connectivity index (χ0) is 24.5. The molecule has 1 aromatic carbocycles. The number of likely N-dealkylation sites (tertiary alicyclic amines) is 1. The Labute approximate surface area is 211 Å². The Hall–Kier alpha value is -3.44. The van der Waals surface area contributed by atoms with Crippen LogP contribution in [0.25, 0.3) is 27.7 Å². The summed E-state index contributed by atoms with van der Waals surface area (Å²) in [5, 5.41) is 14.5. The minimum Gasteiger partial charge on any atom is -0.488 e. The fraction of sp³-hybridized carbons (Fsp3) is 0.379. The molecule has 2 saturated heterocycles. The van der Waals surface area contributed by atoms with Crippen molar-refractivity contribution in [1.29, 1.82) is 5.26 Å². The van der Waals surface area contributed by atoms with Crippen molar-refractivity contribution >= 4 is 16.6 Å². The maximum absolute atomic E-state index is 9.85. The summed E-state index contributed by atoms with van der Waals surface area (Å²) >= 11 is 0. The van der Waals surface area contributed by atoms with E-state index >= 15 is 0 Å². The van der Waals surface area contributed by atoms with Gasteiger partial charge in [0.1, 0.15) is 23.6 Å². The van der Waals surface area contributed by atoms with Gasteiger partial charge in [-0.1, -0.05) is 24.3 Å². The molecule has 6 rings (SSSR count). The van der Waals surface area contributed by atoms with E-state index in [9.17, 15) is 5.26 Å². The molecule has 0 radical (unpaired) electrons. The first-order valence-electron chi connectivity index (χ1n) is 12.8. The van der Waals surface area contributed by atoms with Crippen LogP contribution in [-0.2, 0) is 4.74 Å². The highest BCUT2D eigenvalue weighted by Gasteiger charge is 2.24. The highest BCUT2D eigenvalue weighted by Crippen LogP contribution is 2.35. The van der Waals surface area contributed by atoms with E-state index in [1.54, 1.807) is 0 Å². The predicted molar refractivity (Wildman–Crippen MR) is 141 cm³/mol. The maximum atomic E-state index is 9.85.